The maximum atomic E-state index is 3.30. The first-order valence-corrected chi connectivity index (χ1v) is 7.67. The van der Waals surface area contributed by atoms with Gasteiger partial charge < -0.3 is 15.1 Å². The van der Waals surface area contributed by atoms with Gasteiger partial charge in [0.2, 0.25) is 0 Å². The van der Waals surface area contributed by atoms with Crippen LogP contribution in [0.4, 0.5) is 0 Å². The predicted octanol–water partition coefficient (Wildman–Crippen LogP) is 1.90. The van der Waals surface area contributed by atoms with E-state index < -0.39 is 0 Å². The van der Waals surface area contributed by atoms with Crippen LogP contribution in [-0.4, -0.2) is 63.7 Å². The first kappa shape index (κ1) is 15.9. The molecule has 0 spiro atoms. The highest BCUT2D eigenvalue weighted by Crippen LogP contribution is 2.19. The molecule has 0 saturated carbocycles. The maximum Gasteiger partial charge on any atom is 0.00186 e. The fourth-order valence-electron chi connectivity index (χ4n) is 2.91. The molecule has 1 aliphatic rings. The molecule has 1 N–H and O–H groups in total. The van der Waals surface area contributed by atoms with E-state index in [-0.39, 0.29) is 0 Å². The van der Waals surface area contributed by atoms with Crippen molar-refractivity contribution in [3.05, 3.63) is 0 Å². The quantitative estimate of drug-likeness (QED) is 0.714. The zero-order valence-electron chi connectivity index (χ0n) is 12.9. The van der Waals surface area contributed by atoms with Crippen LogP contribution in [0.15, 0.2) is 0 Å². The molecule has 0 aromatic carbocycles. The second kappa shape index (κ2) is 8.89. The number of hydrogen-bond acceptors (Lipinski definition) is 3. The van der Waals surface area contributed by atoms with Gasteiger partial charge in [0.25, 0.3) is 0 Å². The van der Waals surface area contributed by atoms with Gasteiger partial charge in [-0.2, -0.15) is 0 Å². The zero-order chi connectivity index (χ0) is 13.4. The maximum absolute atomic E-state index is 3.30. The third-order valence-corrected chi connectivity index (χ3v) is 4.40. The number of piperidine rings is 1. The third kappa shape index (κ3) is 6.17. The van der Waals surface area contributed by atoms with Gasteiger partial charge in [0, 0.05) is 6.54 Å². The lowest BCUT2D eigenvalue weighted by molar-refractivity contribution is 0.188. The van der Waals surface area contributed by atoms with Gasteiger partial charge >= 0.3 is 0 Å². The van der Waals surface area contributed by atoms with Crippen molar-refractivity contribution in [1.29, 1.82) is 0 Å². The Morgan fingerprint density at radius 2 is 2.00 bits per heavy atom. The minimum absolute atomic E-state index is 0.803. The van der Waals surface area contributed by atoms with E-state index >= 15 is 0 Å². The molecule has 0 aromatic heterocycles. The molecule has 18 heavy (non-hydrogen) atoms. The molecule has 0 amide bonds. The Bertz CT molecular complexity index is 200. The molecule has 0 aliphatic carbocycles. The van der Waals surface area contributed by atoms with Gasteiger partial charge in [0.1, 0.15) is 0 Å². The van der Waals surface area contributed by atoms with Crippen molar-refractivity contribution < 1.29 is 0 Å². The summed E-state index contributed by atoms with van der Waals surface area (Å²) in [6, 6.07) is 0. The minimum atomic E-state index is 0.803. The number of nitrogens with zero attached hydrogens (tertiary/aromatic N) is 2. The van der Waals surface area contributed by atoms with Crippen molar-refractivity contribution in [2.75, 3.05) is 53.9 Å². The van der Waals surface area contributed by atoms with E-state index in [1.165, 1.54) is 51.9 Å². The van der Waals surface area contributed by atoms with E-state index in [1.54, 1.807) is 0 Å². The number of likely N-dealkylation sites (tertiary alicyclic amines) is 1. The molecule has 0 bridgehead atoms. The SMILES string of the molecule is CCC(CNC)CN(C)CCC1CCN(C)CC1. The van der Waals surface area contributed by atoms with Crippen LogP contribution >= 0.6 is 0 Å². The number of hydrogen-bond donors (Lipinski definition) is 1. The largest absolute Gasteiger partial charge is 0.319 e. The highest BCUT2D eigenvalue weighted by molar-refractivity contribution is 4.72. The summed E-state index contributed by atoms with van der Waals surface area (Å²) < 4.78 is 0. The molecular formula is C15H33N3. The summed E-state index contributed by atoms with van der Waals surface area (Å²) in [5.41, 5.74) is 0. The van der Waals surface area contributed by atoms with Crippen molar-refractivity contribution in [2.24, 2.45) is 11.8 Å². The molecule has 108 valence electrons. The van der Waals surface area contributed by atoms with E-state index in [0.717, 1.165) is 18.4 Å². The Morgan fingerprint density at radius 3 is 2.56 bits per heavy atom. The summed E-state index contributed by atoms with van der Waals surface area (Å²) in [4.78, 5) is 4.99. The van der Waals surface area contributed by atoms with Crippen LogP contribution in [0.2, 0.25) is 0 Å². The van der Waals surface area contributed by atoms with Crippen molar-refractivity contribution in [3.63, 3.8) is 0 Å². The Labute approximate surface area is 114 Å². The van der Waals surface area contributed by atoms with Crippen molar-refractivity contribution in [3.8, 4) is 0 Å². The molecule has 3 nitrogen and oxygen atoms in total. The van der Waals surface area contributed by atoms with E-state index in [0.29, 0.717) is 0 Å². The minimum Gasteiger partial charge on any atom is -0.319 e. The van der Waals surface area contributed by atoms with E-state index in [1.807, 2.05) is 0 Å². The van der Waals surface area contributed by atoms with Gasteiger partial charge in [-0.3, -0.25) is 0 Å². The smallest absolute Gasteiger partial charge is 0.00186 e. The summed E-state index contributed by atoms with van der Waals surface area (Å²) in [6.45, 7) is 8.55. The average Bonchev–Trinajstić information content (AvgIpc) is 2.37. The summed E-state index contributed by atoms with van der Waals surface area (Å²) in [5.74, 6) is 1.77. The van der Waals surface area contributed by atoms with Crippen molar-refractivity contribution >= 4 is 0 Å². The first-order chi connectivity index (χ1) is 8.65. The van der Waals surface area contributed by atoms with Crippen LogP contribution in [0.25, 0.3) is 0 Å². The molecule has 1 unspecified atom stereocenters. The molecule has 0 aromatic rings. The molecule has 0 radical (unpaired) electrons. The molecule has 1 rings (SSSR count). The van der Waals surface area contributed by atoms with Crippen LogP contribution in [0.3, 0.4) is 0 Å². The highest BCUT2D eigenvalue weighted by Gasteiger charge is 2.17. The monoisotopic (exact) mass is 255 g/mol. The predicted molar refractivity (Wildman–Crippen MR) is 80.0 cm³/mol. The van der Waals surface area contributed by atoms with Gasteiger partial charge in [-0.25, -0.2) is 0 Å². The Hall–Kier alpha value is -0.120. The van der Waals surface area contributed by atoms with Gasteiger partial charge in [-0.05, 0) is 78.4 Å². The molecule has 3 heteroatoms. The van der Waals surface area contributed by atoms with Gasteiger partial charge in [-0.1, -0.05) is 13.3 Å². The van der Waals surface area contributed by atoms with E-state index in [2.05, 4.69) is 43.2 Å². The molecule has 1 saturated heterocycles. The second-order valence-electron chi connectivity index (χ2n) is 6.13. The summed E-state index contributed by atoms with van der Waals surface area (Å²) in [6.07, 6.45) is 5.47. The topological polar surface area (TPSA) is 18.5 Å². The van der Waals surface area contributed by atoms with E-state index in [9.17, 15) is 0 Å². The molecule has 1 atom stereocenters. The Balaban J connectivity index is 2.14. The lowest BCUT2D eigenvalue weighted by Crippen LogP contribution is -2.34. The highest BCUT2D eigenvalue weighted by atomic mass is 15.1. The number of nitrogens with one attached hydrogen (secondary N) is 1. The van der Waals surface area contributed by atoms with Gasteiger partial charge in [0.15, 0.2) is 0 Å². The third-order valence-electron chi connectivity index (χ3n) is 4.40. The Kier molecular flexibility index (Phi) is 7.87. The van der Waals surface area contributed by atoms with Gasteiger partial charge in [0.05, 0.1) is 0 Å². The summed E-state index contributed by atoms with van der Waals surface area (Å²) in [7, 11) is 6.58. The zero-order valence-corrected chi connectivity index (χ0v) is 12.9. The van der Waals surface area contributed by atoms with Crippen molar-refractivity contribution in [2.45, 2.75) is 32.6 Å². The van der Waals surface area contributed by atoms with Crippen LogP contribution in [0, 0.1) is 11.8 Å². The second-order valence-corrected chi connectivity index (χ2v) is 6.13. The standard InChI is InChI=1S/C15H33N3/c1-5-14(12-16-2)13-18(4)11-8-15-6-9-17(3)10-7-15/h14-16H,5-13H2,1-4H3. The summed E-state index contributed by atoms with van der Waals surface area (Å²) in [5, 5.41) is 3.30. The lowest BCUT2D eigenvalue weighted by Gasteiger charge is -2.30. The van der Waals surface area contributed by atoms with Crippen molar-refractivity contribution in [1.82, 2.24) is 15.1 Å². The van der Waals surface area contributed by atoms with Gasteiger partial charge in [-0.15, -0.1) is 0 Å². The van der Waals surface area contributed by atoms with E-state index in [4.69, 9.17) is 0 Å². The lowest BCUT2D eigenvalue weighted by atomic mass is 9.93. The average molecular weight is 255 g/mol. The van der Waals surface area contributed by atoms with Crippen LogP contribution in [-0.2, 0) is 0 Å². The molecular weight excluding hydrogens is 222 g/mol. The number of rotatable bonds is 8. The first-order valence-electron chi connectivity index (χ1n) is 7.67. The fraction of sp³-hybridized carbons (Fsp3) is 1.00. The van der Waals surface area contributed by atoms with Crippen LogP contribution in [0.5, 0.6) is 0 Å². The summed E-state index contributed by atoms with van der Waals surface area (Å²) >= 11 is 0. The molecule has 1 heterocycles. The molecule has 1 aliphatic heterocycles. The fourth-order valence-corrected chi connectivity index (χ4v) is 2.91. The van der Waals surface area contributed by atoms with Crippen LogP contribution < -0.4 is 5.32 Å². The normalized spacial score (nSPS) is 20.5. The van der Waals surface area contributed by atoms with Crippen LogP contribution in [0.1, 0.15) is 32.6 Å². The Morgan fingerprint density at radius 1 is 1.33 bits per heavy atom. The molecule has 1 fully saturated rings.